The predicted molar refractivity (Wildman–Crippen MR) is 71.8 cm³/mol. The maximum Gasteiger partial charge on any atom is 0.269 e. The van der Waals surface area contributed by atoms with Gasteiger partial charge in [0.15, 0.2) is 0 Å². The van der Waals surface area contributed by atoms with E-state index in [1.165, 1.54) is 24.3 Å². The lowest BCUT2D eigenvalue weighted by Crippen LogP contribution is -2.00. The van der Waals surface area contributed by atoms with Gasteiger partial charge in [-0.1, -0.05) is 23.7 Å². The molecule has 0 radical (unpaired) electrons. The van der Waals surface area contributed by atoms with Crippen LogP contribution in [0.3, 0.4) is 0 Å². The highest BCUT2D eigenvalue weighted by molar-refractivity contribution is 6.30. The van der Waals surface area contributed by atoms with E-state index >= 15 is 0 Å². The minimum Gasteiger partial charge on any atom is -0.381 e. The molecule has 98 valence electrons. The fourth-order valence-corrected chi connectivity index (χ4v) is 1.71. The fourth-order valence-electron chi connectivity index (χ4n) is 1.59. The first-order valence-electron chi connectivity index (χ1n) is 5.48. The van der Waals surface area contributed by atoms with Crippen LogP contribution in [0.5, 0.6) is 0 Å². The van der Waals surface area contributed by atoms with E-state index in [4.69, 9.17) is 11.6 Å². The Morgan fingerprint density at radius 3 is 2.74 bits per heavy atom. The third-order valence-corrected chi connectivity index (χ3v) is 2.84. The zero-order valence-electron chi connectivity index (χ0n) is 9.77. The molecule has 0 heterocycles. The summed E-state index contributed by atoms with van der Waals surface area (Å²) in [6, 6.07) is 10.6. The van der Waals surface area contributed by atoms with Crippen LogP contribution in [0.25, 0.3) is 0 Å². The number of nitrogens with one attached hydrogen (secondary N) is 1. The van der Waals surface area contributed by atoms with Gasteiger partial charge in [-0.25, -0.2) is 4.39 Å². The Bertz CT molecular complexity index is 619. The number of rotatable bonds is 4. The van der Waals surface area contributed by atoms with Crippen molar-refractivity contribution < 1.29 is 9.31 Å². The van der Waals surface area contributed by atoms with E-state index in [9.17, 15) is 14.5 Å². The van der Waals surface area contributed by atoms with Crippen molar-refractivity contribution in [3.63, 3.8) is 0 Å². The van der Waals surface area contributed by atoms with Crippen molar-refractivity contribution in [1.82, 2.24) is 0 Å². The predicted octanol–water partition coefficient (Wildman–Crippen LogP) is 4.00. The number of nitro benzene ring substituents is 1. The van der Waals surface area contributed by atoms with E-state index in [1.807, 2.05) is 0 Å². The second-order valence-electron chi connectivity index (χ2n) is 3.91. The average molecular weight is 281 g/mol. The molecule has 2 rings (SSSR count). The first-order valence-corrected chi connectivity index (χ1v) is 5.86. The number of nitrogens with zero attached hydrogens (tertiary/aromatic N) is 1. The van der Waals surface area contributed by atoms with Gasteiger partial charge in [-0.15, -0.1) is 0 Å². The van der Waals surface area contributed by atoms with Gasteiger partial charge in [-0.3, -0.25) is 10.1 Å². The molecule has 0 aliphatic rings. The molecule has 0 atom stereocenters. The molecule has 1 N–H and O–H groups in total. The summed E-state index contributed by atoms with van der Waals surface area (Å²) >= 11 is 5.58. The second-order valence-corrected chi connectivity index (χ2v) is 4.32. The lowest BCUT2D eigenvalue weighted by atomic mass is 10.2. The quantitative estimate of drug-likeness (QED) is 0.680. The molecule has 0 saturated heterocycles. The van der Waals surface area contributed by atoms with Gasteiger partial charge < -0.3 is 5.32 Å². The monoisotopic (exact) mass is 280 g/mol. The molecule has 4 nitrogen and oxygen atoms in total. The van der Waals surface area contributed by atoms with E-state index in [-0.39, 0.29) is 10.7 Å². The van der Waals surface area contributed by atoms with Crippen molar-refractivity contribution in [1.29, 1.82) is 0 Å². The first-order chi connectivity index (χ1) is 9.06. The van der Waals surface area contributed by atoms with Crippen molar-refractivity contribution >= 4 is 23.0 Å². The van der Waals surface area contributed by atoms with Crippen LogP contribution in [-0.4, -0.2) is 4.92 Å². The summed E-state index contributed by atoms with van der Waals surface area (Å²) in [6.07, 6.45) is 0. The molecule has 2 aromatic carbocycles. The topological polar surface area (TPSA) is 55.2 Å². The van der Waals surface area contributed by atoms with Crippen LogP contribution in [0.2, 0.25) is 5.02 Å². The summed E-state index contributed by atoms with van der Waals surface area (Å²) in [7, 11) is 0. The third kappa shape index (κ3) is 3.42. The van der Waals surface area contributed by atoms with E-state index in [1.54, 1.807) is 18.2 Å². The van der Waals surface area contributed by atoms with Gasteiger partial charge in [-0.2, -0.15) is 0 Å². The van der Waals surface area contributed by atoms with E-state index < -0.39 is 10.7 Å². The number of halogens is 2. The maximum atomic E-state index is 13.2. The van der Waals surface area contributed by atoms with Gasteiger partial charge in [-0.05, 0) is 23.8 Å². The van der Waals surface area contributed by atoms with Gasteiger partial charge in [0.25, 0.3) is 5.69 Å². The molecule has 0 fully saturated rings. The highest BCUT2D eigenvalue weighted by Crippen LogP contribution is 2.20. The van der Waals surface area contributed by atoms with Gasteiger partial charge in [0.05, 0.1) is 9.95 Å². The lowest BCUT2D eigenvalue weighted by molar-refractivity contribution is -0.384. The van der Waals surface area contributed by atoms with Crippen LogP contribution in [-0.2, 0) is 6.54 Å². The molecular weight excluding hydrogens is 271 g/mol. The molecule has 2 aromatic rings. The maximum absolute atomic E-state index is 13.2. The van der Waals surface area contributed by atoms with Crippen molar-refractivity contribution in [2.24, 2.45) is 0 Å². The van der Waals surface area contributed by atoms with Crippen molar-refractivity contribution in [2.45, 2.75) is 6.54 Å². The highest BCUT2D eigenvalue weighted by atomic mass is 35.5. The molecule has 0 aliphatic carbocycles. The van der Waals surface area contributed by atoms with Crippen LogP contribution in [0.4, 0.5) is 15.8 Å². The normalized spacial score (nSPS) is 10.2. The van der Waals surface area contributed by atoms with Crippen LogP contribution in [0.1, 0.15) is 5.56 Å². The van der Waals surface area contributed by atoms with Crippen LogP contribution >= 0.6 is 11.6 Å². The molecule has 0 amide bonds. The minimum atomic E-state index is -0.509. The zero-order chi connectivity index (χ0) is 13.8. The SMILES string of the molecule is O=[N+]([O-])c1cccc(CNc2ccc(Cl)c(F)c2)c1. The molecule has 0 spiro atoms. The van der Waals surface area contributed by atoms with Crippen LogP contribution in [0, 0.1) is 15.9 Å². The molecule has 0 saturated carbocycles. The summed E-state index contributed by atoms with van der Waals surface area (Å²) in [5.41, 5.74) is 1.33. The van der Waals surface area contributed by atoms with Crippen LogP contribution < -0.4 is 5.32 Å². The number of anilines is 1. The molecule has 0 aromatic heterocycles. The van der Waals surface area contributed by atoms with Crippen molar-refractivity contribution in [3.8, 4) is 0 Å². The summed E-state index contributed by atoms with van der Waals surface area (Å²) in [5.74, 6) is -0.509. The number of hydrogen-bond acceptors (Lipinski definition) is 3. The van der Waals surface area contributed by atoms with Crippen LogP contribution in [0.15, 0.2) is 42.5 Å². The fraction of sp³-hybridized carbons (Fsp3) is 0.0769. The number of benzene rings is 2. The van der Waals surface area contributed by atoms with Crippen molar-refractivity contribution in [3.05, 3.63) is 69.0 Å². The minimum absolute atomic E-state index is 0.0292. The Morgan fingerprint density at radius 1 is 1.26 bits per heavy atom. The molecule has 0 unspecified atom stereocenters. The van der Waals surface area contributed by atoms with Gasteiger partial charge >= 0.3 is 0 Å². The average Bonchev–Trinajstić information content (AvgIpc) is 2.40. The Labute approximate surface area is 114 Å². The van der Waals surface area contributed by atoms with Gasteiger partial charge in [0, 0.05) is 24.4 Å². The van der Waals surface area contributed by atoms with Crippen molar-refractivity contribution in [2.75, 3.05) is 5.32 Å². The summed E-state index contributed by atoms with van der Waals surface area (Å²) in [5, 5.41) is 13.7. The van der Waals surface area contributed by atoms with E-state index in [0.717, 1.165) is 5.56 Å². The summed E-state index contributed by atoms with van der Waals surface area (Å²) < 4.78 is 13.2. The largest absolute Gasteiger partial charge is 0.381 e. The Hall–Kier alpha value is -2.14. The number of non-ortho nitro benzene ring substituents is 1. The number of nitro groups is 1. The molecular formula is C13H10ClFN2O2. The van der Waals surface area contributed by atoms with Gasteiger partial charge in [0.1, 0.15) is 5.82 Å². The highest BCUT2D eigenvalue weighted by Gasteiger charge is 2.06. The summed E-state index contributed by atoms with van der Waals surface area (Å²) in [4.78, 5) is 10.2. The van der Waals surface area contributed by atoms with E-state index in [2.05, 4.69) is 5.32 Å². The lowest BCUT2D eigenvalue weighted by Gasteiger charge is -2.07. The van der Waals surface area contributed by atoms with Gasteiger partial charge in [0.2, 0.25) is 0 Å². The standard InChI is InChI=1S/C13H10ClFN2O2/c14-12-5-4-10(7-13(12)15)16-8-9-2-1-3-11(6-9)17(18)19/h1-7,16H,8H2. The molecule has 19 heavy (non-hydrogen) atoms. The molecule has 0 bridgehead atoms. The Morgan fingerprint density at radius 2 is 2.05 bits per heavy atom. The number of hydrogen-bond donors (Lipinski definition) is 1. The Balaban J connectivity index is 2.07. The second kappa shape index (κ2) is 5.67. The van der Waals surface area contributed by atoms with E-state index in [0.29, 0.717) is 12.2 Å². The Kier molecular flexibility index (Phi) is 3.97. The zero-order valence-corrected chi connectivity index (χ0v) is 10.5. The molecule has 6 heteroatoms. The first kappa shape index (κ1) is 13.3. The third-order valence-electron chi connectivity index (χ3n) is 2.54. The smallest absolute Gasteiger partial charge is 0.269 e. The summed E-state index contributed by atoms with van der Waals surface area (Å²) in [6.45, 7) is 0.364. The molecule has 0 aliphatic heterocycles.